The Kier molecular flexibility index (Phi) is 6.16. The zero-order chi connectivity index (χ0) is 18.3. The molecule has 0 saturated carbocycles. The number of carbonyl (C=O) groups excluding carboxylic acids is 2. The zero-order valence-electron chi connectivity index (χ0n) is 14.7. The van der Waals surface area contributed by atoms with Gasteiger partial charge in [-0.05, 0) is 38.5 Å². The van der Waals surface area contributed by atoms with Gasteiger partial charge < -0.3 is 19.9 Å². The highest BCUT2D eigenvalue weighted by atomic mass is 16.6. The lowest BCUT2D eigenvalue weighted by molar-refractivity contribution is 0.0523. The van der Waals surface area contributed by atoms with E-state index in [1.807, 2.05) is 20.8 Å². The first kappa shape index (κ1) is 18.5. The van der Waals surface area contributed by atoms with Crippen molar-refractivity contribution in [1.82, 2.24) is 15.8 Å². The topological polar surface area (TPSA) is 93.5 Å². The third-order valence-electron chi connectivity index (χ3n) is 3.21. The van der Waals surface area contributed by atoms with Gasteiger partial charge in [0.2, 0.25) is 0 Å². The molecule has 1 aromatic carbocycles. The lowest BCUT2D eigenvalue weighted by Crippen LogP contribution is -2.32. The fourth-order valence-corrected chi connectivity index (χ4v) is 2.04. The maximum absolute atomic E-state index is 12.1. The molecule has 0 radical (unpaired) electrons. The number of carbonyl (C=O) groups is 2. The van der Waals surface area contributed by atoms with Gasteiger partial charge in [0.05, 0.1) is 5.69 Å². The SMILES string of the molecule is CC(C)(C)OC(=O)NCc1ccc(C(=O)NCCc2ccon2)cc1. The number of amides is 2. The second-order valence-corrected chi connectivity index (χ2v) is 6.55. The van der Waals surface area contributed by atoms with Gasteiger partial charge in [-0.3, -0.25) is 4.79 Å². The Labute approximate surface area is 146 Å². The first-order valence-electron chi connectivity index (χ1n) is 8.07. The van der Waals surface area contributed by atoms with Gasteiger partial charge in [-0.1, -0.05) is 17.3 Å². The molecule has 2 amide bonds. The quantitative estimate of drug-likeness (QED) is 0.839. The Morgan fingerprint density at radius 1 is 1.12 bits per heavy atom. The molecule has 2 aromatic rings. The Hall–Kier alpha value is -2.83. The number of benzene rings is 1. The van der Waals surface area contributed by atoms with E-state index in [2.05, 4.69) is 15.8 Å². The van der Waals surface area contributed by atoms with Crippen molar-refractivity contribution in [3.63, 3.8) is 0 Å². The number of aromatic nitrogens is 1. The standard InChI is InChI=1S/C18H23N3O4/c1-18(2,3)25-17(23)20-12-13-4-6-14(7-5-13)16(22)19-10-8-15-9-11-24-21-15/h4-7,9,11H,8,10,12H2,1-3H3,(H,19,22)(H,20,23). The van der Waals surface area contributed by atoms with Crippen molar-refractivity contribution < 1.29 is 18.8 Å². The summed E-state index contributed by atoms with van der Waals surface area (Å²) in [6, 6.07) is 8.79. The molecule has 2 N–H and O–H groups in total. The monoisotopic (exact) mass is 345 g/mol. The number of nitrogens with zero attached hydrogens (tertiary/aromatic N) is 1. The van der Waals surface area contributed by atoms with Gasteiger partial charge in [-0.2, -0.15) is 0 Å². The van der Waals surface area contributed by atoms with Crippen LogP contribution in [0.2, 0.25) is 0 Å². The molecule has 0 spiro atoms. The van der Waals surface area contributed by atoms with E-state index in [0.717, 1.165) is 11.3 Å². The van der Waals surface area contributed by atoms with Crippen LogP contribution in [0, 0.1) is 0 Å². The Bertz CT molecular complexity index is 688. The summed E-state index contributed by atoms with van der Waals surface area (Å²) >= 11 is 0. The maximum Gasteiger partial charge on any atom is 0.407 e. The molecule has 0 unspecified atom stereocenters. The van der Waals surface area contributed by atoms with Crippen LogP contribution in [-0.2, 0) is 17.7 Å². The summed E-state index contributed by atoms with van der Waals surface area (Å²) in [5, 5.41) is 9.28. The molecule has 0 saturated heterocycles. The van der Waals surface area contributed by atoms with Crippen molar-refractivity contribution in [1.29, 1.82) is 0 Å². The minimum absolute atomic E-state index is 0.157. The van der Waals surface area contributed by atoms with Crippen LogP contribution in [0.3, 0.4) is 0 Å². The van der Waals surface area contributed by atoms with Crippen molar-refractivity contribution in [2.75, 3.05) is 6.54 Å². The fourth-order valence-electron chi connectivity index (χ4n) is 2.04. The minimum atomic E-state index is -0.530. The predicted molar refractivity (Wildman–Crippen MR) is 92.1 cm³/mol. The number of nitrogens with one attached hydrogen (secondary N) is 2. The van der Waals surface area contributed by atoms with E-state index in [4.69, 9.17) is 9.26 Å². The molecular formula is C18H23N3O4. The Morgan fingerprint density at radius 2 is 1.84 bits per heavy atom. The van der Waals surface area contributed by atoms with Crippen LogP contribution in [0.4, 0.5) is 4.79 Å². The molecule has 0 aliphatic carbocycles. The molecule has 1 heterocycles. The molecule has 0 aliphatic rings. The Morgan fingerprint density at radius 3 is 2.44 bits per heavy atom. The van der Waals surface area contributed by atoms with Gasteiger partial charge >= 0.3 is 6.09 Å². The van der Waals surface area contributed by atoms with Gasteiger partial charge in [-0.25, -0.2) is 4.79 Å². The highest BCUT2D eigenvalue weighted by molar-refractivity contribution is 5.94. The molecule has 0 bridgehead atoms. The van der Waals surface area contributed by atoms with E-state index in [-0.39, 0.29) is 5.91 Å². The van der Waals surface area contributed by atoms with E-state index in [9.17, 15) is 9.59 Å². The molecule has 7 nitrogen and oxygen atoms in total. The van der Waals surface area contributed by atoms with Crippen LogP contribution in [0.15, 0.2) is 41.1 Å². The highest BCUT2D eigenvalue weighted by Crippen LogP contribution is 2.08. The summed E-state index contributed by atoms with van der Waals surface area (Å²) in [4.78, 5) is 23.7. The molecule has 25 heavy (non-hydrogen) atoms. The van der Waals surface area contributed by atoms with Crippen molar-refractivity contribution in [3.05, 3.63) is 53.4 Å². The van der Waals surface area contributed by atoms with Crippen LogP contribution in [0.1, 0.15) is 42.4 Å². The first-order chi connectivity index (χ1) is 11.8. The number of alkyl carbamates (subject to hydrolysis) is 1. The van der Waals surface area contributed by atoms with E-state index < -0.39 is 11.7 Å². The summed E-state index contributed by atoms with van der Waals surface area (Å²) < 4.78 is 9.91. The zero-order valence-corrected chi connectivity index (χ0v) is 14.7. The molecular weight excluding hydrogens is 322 g/mol. The van der Waals surface area contributed by atoms with Crippen LogP contribution in [-0.4, -0.2) is 29.3 Å². The lowest BCUT2D eigenvalue weighted by Gasteiger charge is -2.19. The molecule has 1 aromatic heterocycles. The summed E-state index contributed by atoms with van der Waals surface area (Å²) in [5.74, 6) is -0.157. The van der Waals surface area contributed by atoms with Crippen LogP contribution < -0.4 is 10.6 Å². The number of rotatable bonds is 6. The molecule has 2 rings (SSSR count). The van der Waals surface area contributed by atoms with Crippen molar-refractivity contribution >= 4 is 12.0 Å². The van der Waals surface area contributed by atoms with Gasteiger partial charge in [0.25, 0.3) is 5.91 Å². The molecule has 7 heteroatoms. The number of hydrogen-bond acceptors (Lipinski definition) is 5. The largest absolute Gasteiger partial charge is 0.444 e. The Balaban J connectivity index is 1.76. The second kappa shape index (κ2) is 8.32. The highest BCUT2D eigenvalue weighted by Gasteiger charge is 2.15. The van der Waals surface area contributed by atoms with E-state index >= 15 is 0 Å². The van der Waals surface area contributed by atoms with Crippen LogP contribution in [0.5, 0.6) is 0 Å². The third-order valence-corrected chi connectivity index (χ3v) is 3.21. The normalized spacial score (nSPS) is 11.0. The first-order valence-corrected chi connectivity index (χ1v) is 8.07. The smallest absolute Gasteiger partial charge is 0.407 e. The summed E-state index contributed by atoms with van der Waals surface area (Å²) in [6.07, 6.45) is 1.64. The van der Waals surface area contributed by atoms with Gasteiger partial charge in [0.1, 0.15) is 11.9 Å². The van der Waals surface area contributed by atoms with Gasteiger partial charge in [0.15, 0.2) is 0 Å². The minimum Gasteiger partial charge on any atom is -0.444 e. The third kappa shape index (κ3) is 6.66. The summed E-state index contributed by atoms with van der Waals surface area (Å²) in [6.45, 7) is 6.24. The average Bonchev–Trinajstić information content (AvgIpc) is 3.05. The van der Waals surface area contributed by atoms with E-state index in [0.29, 0.717) is 25.1 Å². The van der Waals surface area contributed by atoms with Crippen LogP contribution >= 0.6 is 0 Å². The average molecular weight is 345 g/mol. The van der Waals surface area contributed by atoms with Crippen molar-refractivity contribution in [2.45, 2.75) is 39.3 Å². The van der Waals surface area contributed by atoms with E-state index in [1.165, 1.54) is 6.26 Å². The predicted octanol–water partition coefficient (Wildman–Crippen LogP) is 2.67. The van der Waals surface area contributed by atoms with E-state index in [1.54, 1.807) is 30.3 Å². The molecule has 134 valence electrons. The summed E-state index contributed by atoms with van der Waals surface area (Å²) in [5.41, 5.74) is 1.70. The maximum atomic E-state index is 12.1. The van der Waals surface area contributed by atoms with Gasteiger partial charge in [-0.15, -0.1) is 0 Å². The second-order valence-electron chi connectivity index (χ2n) is 6.55. The van der Waals surface area contributed by atoms with Gasteiger partial charge in [0, 0.05) is 31.1 Å². The fraction of sp³-hybridized carbons (Fsp3) is 0.389. The number of ether oxygens (including phenoxy) is 1. The number of hydrogen-bond donors (Lipinski definition) is 2. The summed E-state index contributed by atoms with van der Waals surface area (Å²) in [7, 11) is 0. The molecule has 0 aliphatic heterocycles. The lowest BCUT2D eigenvalue weighted by atomic mass is 10.1. The van der Waals surface area contributed by atoms with Crippen molar-refractivity contribution in [3.8, 4) is 0 Å². The van der Waals surface area contributed by atoms with Crippen molar-refractivity contribution in [2.24, 2.45) is 0 Å². The molecule has 0 fully saturated rings. The van der Waals surface area contributed by atoms with Crippen LogP contribution in [0.25, 0.3) is 0 Å². The molecule has 0 atom stereocenters.